The molecule has 0 aromatic heterocycles. The maximum atomic E-state index is 12.9. The summed E-state index contributed by atoms with van der Waals surface area (Å²) in [5.41, 5.74) is 7.75. The highest BCUT2D eigenvalue weighted by Gasteiger charge is 2.14. The summed E-state index contributed by atoms with van der Waals surface area (Å²) in [5.74, 6) is -1.30. The van der Waals surface area contributed by atoms with Crippen molar-refractivity contribution in [2.75, 3.05) is 12.8 Å². The van der Waals surface area contributed by atoms with Gasteiger partial charge in [0.15, 0.2) is 0 Å². The first-order chi connectivity index (χ1) is 9.97. The van der Waals surface area contributed by atoms with Crippen LogP contribution in [0.15, 0.2) is 42.5 Å². The number of nitrogens with zero attached hydrogens (tertiary/aromatic N) is 1. The molecule has 0 radical (unpaired) electrons. The van der Waals surface area contributed by atoms with Crippen LogP contribution in [0.1, 0.15) is 21.5 Å². The van der Waals surface area contributed by atoms with E-state index >= 15 is 0 Å². The van der Waals surface area contributed by atoms with Crippen molar-refractivity contribution in [3.05, 3.63) is 65.0 Å². The molecule has 0 aliphatic rings. The summed E-state index contributed by atoms with van der Waals surface area (Å²) in [5, 5.41) is 9.24. The van der Waals surface area contributed by atoms with Crippen LogP contribution in [0.4, 0.5) is 10.1 Å². The van der Waals surface area contributed by atoms with E-state index in [9.17, 15) is 14.3 Å². The third kappa shape index (κ3) is 3.79. The van der Waals surface area contributed by atoms with Crippen LogP contribution in [0.25, 0.3) is 0 Å². The number of carboxylic acids is 1. The van der Waals surface area contributed by atoms with Crippen molar-refractivity contribution in [2.24, 2.45) is 0 Å². The zero-order valence-electron chi connectivity index (χ0n) is 11.7. The van der Waals surface area contributed by atoms with Gasteiger partial charge in [-0.25, -0.2) is 9.18 Å². The Bertz CT molecular complexity index is 641. The van der Waals surface area contributed by atoms with Gasteiger partial charge in [0, 0.05) is 18.8 Å². The fraction of sp³-hybridized carbons (Fsp3) is 0.188. The number of anilines is 1. The van der Waals surface area contributed by atoms with Gasteiger partial charge >= 0.3 is 5.97 Å². The number of benzene rings is 2. The Balaban J connectivity index is 2.13. The van der Waals surface area contributed by atoms with Gasteiger partial charge in [0.05, 0.1) is 5.56 Å². The largest absolute Gasteiger partial charge is 0.478 e. The van der Waals surface area contributed by atoms with Gasteiger partial charge in [0.2, 0.25) is 0 Å². The van der Waals surface area contributed by atoms with Crippen molar-refractivity contribution in [3.8, 4) is 0 Å². The summed E-state index contributed by atoms with van der Waals surface area (Å²) in [6, 6.07) is 11.3. The molecule has 0 spiro atoms. The SMILES string of the molecule is CN(Cc1ccc(F)cc1)Cc1cccc(N)c1C(=O)O. The van der Waals surface area contributed by atoms with Crippen molar-refractivity contribution >= 4 is 11.7 Å². The molecular formula is C16H17FN2O2. The lowest BCUT2D eigenvalue weighted by atomic mass is 10.0. The minimum atomic E-state index is -1.03. The minimum absolute atomic E-state index is 0.142. The molecule has 110 valence electrons. The molecule has 4 nitrogen and oxygen atoms in total. The molecule has 2 aromatic carbocycles. The smallest absolute Gasteiger partial charge is 0.338 e. The number of halogens is 1. The summed E-state index contributed by atoms with van der Waals surface area (Å²) in [4.78, 5) is 13.2. The monoisotopic (exact) mass is 288 g/mol. The quantitative estimate of drug-likeness (QED) is 0.830. The Morgan fingerprint density at radius 1 is 1.19 bits per heavy atom. The number of nitrogen functional groups attached to an aromatic ring is 1. The number of carboxylic acid groups (broad SMARTS) is 1. The number of nitrogens with two attached hydrogens (primary N) is 1. The van der Waals surface area contributed by atoms with E-state index in [-0.39, 0.29) is 17.1 Å². The van der Waals surface area contributed by atoms with Crippen molar-refractivity contribution < 1.29 is 14.3 Å². The van der Waals surface area contributed by atoms with Crippen LogP contribution in [0.2, 0.25) is 0 Å². The second-order valence-electron chi connectivity index (χ2n) is 4.99. The lowest BCUT2D eigenvalue weighted by molar-refractivity contribution is 0.0696. The fourth-order valence-corrected chi connectivity index (χ4v) is 2.26. The van der Waals surface area contributed by atoms with Crippen LogP contribution in [0.5, 0.6) is 0 Å². The van der Waals surface area contributed by atoms with E-state index in [1.165, 1.54) is 12.1 Å². The van der Waals surface area contributed by atoms with Gasteiger partial charge in [-0.15, -0.1) is 0 Å². The molecule has 2 rings (SSSR count). The molecule has 0 unspecified atom stereocenters. The van der Waals surface area contributed by atoms with Crippen molar-refractivity contribution in [2.45, 2.75) is 13.1 Å². The standard InChI is InChI=1S/C16H17FN2O2/c1-19(9-11-5-7-13(17)8-6-11)10-12-3-2-4-14(18)15(12)16(20)21/h2-8H,9-10,18H2,1H3,(H,20,21). The maximum Gasteiger partial charge on any atom is 0.338 e. The zero-order valence-corrected chi connectivity index (χ0v) is 11.7. The summed E-state index contributed by atoms with van der Waals surface area (Å²) in [6.07, 6.45) is 0. The number of aromatic carboxylic acids is 1. The molecule has 21 heavy (non-hydrogen) atoms. The third-order valence-corrected chi connectivity index (χ3v) is 3.20. The van der Waals surface area contributed by atoms with E-state index in [1.54, 1.807) is 30.3 Å². The van der Waals surface area contributed by atoms with Crippen LogP contribution < -0.4 is 5.73 Å². The minimum Gasteiger partial charge on any atom is -0.478 e. The van der Waals surface area contributed by atoms with Crippen molar-refractivity contribution in [3.63, 3.8) is 0 Å². The van der Waals surface area contributed by atoms with Crippen LogP contribution >= 0.6 is 0 Å². The highest BCUT2D eigenvalue weighted by molar-refractivity contribution is 5.95. The average Bonchev–Trinajstić information content (AvgIpc) is 2.41. The lowest BCUT2D eigenvalue weighted by Crippen LogP contribution is -2.19. The van der Waals surface area contributed by atoms with Crippen LogP contribution in [0.3, 0.4) is 0 Å². The average molecular weight is 288 g/mol. The van der Waals surface area contributed by atoms with Crippen LogP contribution in [-0.4, -0.2) is 23.0 Å². The Morgan fingerprint density at radius 2 is 1.86 bits per heavy atom. The molecule has 0 heterocycles. The van der Waals surface area contributed by atoms with Gasteiger partial charge < -0.3 is 10.8 Å². The van der Waals surface area contributed by atoms with E-state index in [1.807, 2.05) is 11.9 Å². The highest BCUT2D eigenvalue weighted by atomic mass is 19.1. The summed E-state index contributed by atoms with van der Waals surface area (Å²) < 4.78 is 12.9. The predicted octanol–water partition coefficient (Wildman–Crippen LogP) is 2.74. The summed E-state index contributed by atoms with van der Waals surface area (Å²) in [6.45, 7) is 1.04. The van der Waals surface area contributed by atoms with Gasteiger partial charge in [-0.1, -0.05) is 24.3 Å². The molecular weight excluding hydrogens is 271 g/mol. The molecule has 0 aliphatic heterocycles. The van der Waals surface area contributed by atoms with Gasteiger partial charge in [-0.05, 0) is 36.4 Å². The molecule has 0 saturated carbocycles. The summed E-state index contributed by atoms with van der Waals surface area (Å²) >= 11 is 0. The molecule has 5 heteroatoms. The van der Waals surface area contributed by atoms with E-state index in [2.05, 4.69) is 0 Å². The van der Waals surface area contributed by atoms with Gasteiger partial charge in [0.25, 0.3) is 0 Å². The topological polar surface area (TPSA) is 66.6 Å². The highest BCUT2D eigenvalue weighted by Crippen LogP contribution is 2.19. The van der Waals surface area contributed by atoms with E-state index in [4.69, 9.17) is 5.73 Å². The zero-order chi connectivity index (χ0) is 15.4. The first-order valence-electron chi connectivity index (χ1n) is 6.51. The third-order valence-electron chi connectivity index (χ3n) is 3.20. The van der Waals surface area contributed by atoms with Crippen LogP contribution in [0, 0.1) is 5.82 Å². The molecule has 0 aliphatic carbocycles. The maximum absolute atomic E-state index is 12.9. The number of hydrogen-bond donors (Lipinski definition) is 2. The lowest BCUT2D eigenvalue weighted by Gasteiger charge is -2.18. The van der Waals surface area contributed by atoms with Gasteiger partial charge in [0.1, 0.15) is 5.82 Å². The Morgan fingerprint density at radius 3 is 2.48 bits per heavy atom. The number of hydrogen-bond acceptors (Lipinski definition) is 3. The molecule has 0 fully saturated rings. The molecule has 2 aromatic rings. The predicted molar refractivity (Wildman–Crippen MR) is 79.4 cm³/mol. The van der Waals surface area contributed by atoms with Gasteiger partial charge in [-0.2, -0.15) is 0 Å². The Kier molecular flexibility index (Phi) is 4.55. The second-order valence-corrected chi connectivity index (χ2v) is 4.99. The first kappa shape index (κ1) is 15.0. The second kappa shape index (κ2) is 6.37. The van der Waals surface area contributed by atoms with E-state index in [0.29, 0.717) is 18.7 Å². The Hall–Kier alpha value is -2.40. The number of carbonyl (C=O) groups is 1. The molecule has 3 N–H and O–H groups in total. The van der Waals surface area contributed by atoms with Gasteiger partial charge in [-0.3, -0.25) is 4.90 Å². The normalized spacial score (nSPS) is 10.8. The molecule has 0 amide bonds. The van der Waals surface area contributed by atoms with Crippen molar-refractivity contribution in [1.29, 1.82) is 0 Å². The first-order valence-corrected chi connectivity index (χ1v) is 6.51. The number of rotatable bonds is 5. The molecule has 0 bridgehead atoms. The molecule has 0 atom stereocenters. The van der Waals surface area contributed by atoms with Crippen LogP contribution in [-0.2, 0) is 13.1 Å². The Labute approximate surface area is 122 Å². The van der Waals surface area contributed by atoms with Crippen molar-refractivity contribution in [1.82, 2.24) is 4.90 Å². The van der Waals surface area contributed by atoms with E-state index < -0.39 is 5.97 Å². The summed E-state index contributed by atoms with van der Waals surface area (Å²) in [7, 11) is 1.87. The van der Waals surface area contributed by atoms with E-state index in [0.717, 1.165) is 5.56 Å². The fourth-order valence-electron chi connectivity index (χ4n) is 2.26. The molecule has 0 saturated heterocycles.